The van der Waals surface area contributed by atoms with Gasteiger partial charge in [-0.3, -0.25) is 10.1 Å². The minimum Gasteiger partial charge on any atom is -0.392 e. The third-order valence-corrected chi connectivity index (χ3v) is 3.52. The third kappa shape index (κ3) is 2.88. The van der Waals surface area contributed by atoms with E-state index in [4.69, 9.17) is 0 Å². The molecule has 0 radical (unpaired) electrons. The summed E-state index contributed by atoms with van der Waals surface area (Å²) >= 11 is 1.48. The highest BCUT2D eigenvalue weighted by atomic mass is 32.2. The second kappa shape index (κ2) is 5.66. The van der Waals surface area contributed by atoms with Crippen LogP contribution in [0.15, 0.2) is 58.3 Å². The lowest BCUT2D eigenvalue weighted by molar-refractivity contribution is -0.385. The Kier molecular flexibility index (Phi) is 3.96. The average molecular weight is 261 g/mol. The Balaban J connectivity index is 2.31. The van der Waals surface area contributed by atoms with Crippen molar-refractivity contribution >= 4 is 17.4 Å². The Morgan fingerprint density at radius 3 is 2.50 bits per heavy atom. The molecule has 0 aromatic heterocycles. The maximum atomic E-state index is 10.7. The van der Waals surface area contributed by atoms with Crippen molar-refractivity contribution in [1.29, 1.82) is 0 Å². The van der Waals surface area contributed by atoms with E-state index in [0.29, 0.717) is 5.56 Å². The average Bonchev–Trinajstić information content (AvgIpc) is 2.40. The van der Waals surface area contributed by atoms with Gasteiger partial charge in [0.15, 0.2) is 0 Å². The molecular weight excluding hydrogens is 250 g/mol. The van der Waals surface area contributed by atoms with E-state index in [2.05, 4.69) is 0 Å². The first-order valence-corrected chi connectivity index (χ1v) is 6.13. The molecule has 0 spiro atoms. The smallest absolute Gasteiger partial charge is 0.269 e. The molecule has 18 heavy (non-hydrogen) atoms. The molecule has 2 aromatic rings. The van der Waals surface area contributed by atoms with Crippen LogP contribution in [-0.4, -0.2) is 10.0 Å². The van der Waals surface area contributed by atoms with E-state index in [9.17, 15) is 15.2 Å². The summed E-state index contributed by atoms with van der Waals surface area (Å²) in [6.45, 7) is -0.211. The fraction of sp³-hybridized carbons (Fsp3) is 0.0769. The summed E-state index contributed by atoms with van der Waals surface area (Å²) in [4.78, 5) is 12.1. The lowest BCUT2D eigenvalue weighted by Gasteiger charge is -2.06. The number of aliphatic hydroxyl groups excluding tert-OH is 1. The van der Waals surface area contributed by atoms with Gasteiger partial charge in [-0.25, -0.2) is 0 Å². The Bertz CT molecular complexity index is 557. The predicted molar refractivity (Wildman–Crippen MR) is 69.6 cm³/mol. The van der Waals surface area contributed by atoms with Crippen molar-refractivity contribution in [3.8, 4) is 0 Å². The van der Waals surface area contributed by atoms with Crippen molar-refractivity contribution in [3.05, 3.63) is 64.2 Å². The first-order valence-electron chi connectivity index (χ1n) is 5.32. The quantitative estimate of drug-likeness (QED) is 0.678. The standard InChI is InChI=1S/C13H11NO3S/c15-9-10-8-11(14(16)17)6-7-13(10)18-12-4-2-1-3-5-12/h1-8,15H,9H2. The molecule has 0 bridgehead atoms. The van der Waals surface area contributed by atoms with Crippen LogP contribution >= 0.6 is 11.8 Å². The molecule has 0 saturated carbocycles. The van der Waals surface area contributed by atoms with Crippen molar-refractivity contribution in [2.75, 3.05) is 0 Å². The molecule has 4 nitrogen and oxygen atoms in total. The number of nitrogens with zero attached hydrogens (tertiary/aromatic N) is 1. The largest absolute Gasteiger partial charge is 0.392 e. The molecule has 0 heterocycles. The number of nitro groups is 1. The number of hydrogen-bond acceptors (Lipinski definition) is 4. The van der Waals surface area contributed by atoms with Gasteiger partial charge in [0.25, 0.3) is 5.69 Å². The van der Waals surface area contributed by atoms with Gasteiger partial charge in [-0.05, 0) is 23.8 Å². The van der Waals surface area contributed by atoms with E-state index >= 15 is 0 Å². The van der Waals surface area contributed by atoms with Crippen LogP contribution in [0.2, 0.25) is 0 Å². The summed E-state index contributed by atoms with van der Waals surface area (Å²) in [6, 6.07) is 14.2. The summed E-state index contributed by atoms with van der Waals surface area (Å²) < 4.78 is 0. The molecule has 0 atom stereocenters. The van der Waals surface area contributed by atoms with Gasteiger partial charge in [-0.15, -0.1) is 0 Å². The lowest BCUT2D eigenvalue weighted by atomic mass is 10.2. The van der Waals surface area contributed by atoms with E-state index in [1.165, 1.54) is 23.9 Å². The number of rotatable bonds is 4. The molecule has 2 aromatic carbocycles. The van der Waals surface area contributed by atoms with E-state index in [0.717, 1.165) is 9.79 Å². The molecular formula is C13H11NO3S. The maximum Gasteiger partial charge on any atom is 0.269 e. The van der Waals surface area contributed by atoms with Gasteiger partial charge >= 0.3 is 0 Å². The monoisotopic (exact) mass is 261 g/mol. The van der Waals surface area contributed by atoms with Crippen molar-refractivity contribution in [2.24, 2.45) is 0 Å². The molecule has 0 saturated heterocycles. The maximum absolute atomic E-state index is 10.7. The summed E-state index contributed by atoms with van der Waals surface area (Å²) in [5.41, 5.74) is 0.564. The van der Waals surface area contributed by atoms with Crippen LogP contribution in [0, 0.1) is 10.1 Å². The van der Waals surface area contributed by atoms with Crippen LogP contribution in [0.3, 0.4) is 0 Å². The molecule has 0 aliphatic heterocycles. The van der Waals surface area contributed by atoms with Crippen molar-refractivity contribution in [2.45, 2.75) is 16.4 Å². The van der Waals surface area contributed by atoms with Gasteiger partial charge in [0.2, 0.25) is 0 Å². The highest BCUT2D eigenvalue weighted by Crippen LogP contribution is 2.32. The number of benzene rings is 2. The third-order valence-electron chi connectivity index (χ3n) is 2.40. The Labute approximate surface area is 108 Å². The van der Waals surface area contributed by atoms with E-state index < -0.39 is 4.92 Å². The van der Waals surface area contributed by atoms with Gasteiger partial charge in [-0.2, -0.15) is 0 Å². The Hall–Kier alpha value is -1.85. The van der Waals surface area contributed by atoms with Crippen LogP contribution in [-0.2, 0) is 6.61 Å². The van der Waals surface area contributed by atoms with Crippen LogP contribution < -0.4 is 0 Å². The molecule has 5 heteroatoms. The van der Waals surface area contributed by atoms with Gasteiger partial charge in [0.05, 0.1) is 11.5 Å². The highest BCUT2D eigenvalue weighted by molar-refractivity contribution is 7.99. The van der Waals surface area contributed by atoms with E-state index in [1.807, 2.05) is 30.3 Å². The lowest BCUT2D eigenvalue weighted by Crippen LogP contribution is -1.93. The zero-order valence-corrected chi connectivity index (χ0v) is 10.3. The summed E-state index contributed by atoms with van der Waals surface area (Å²) in [7, 11) is 0. The zero-order chi connectivity index (χ0) is 13.0. The fourth-order valence-corrected chi connectivity index (χ4v) is 2.46. The zero-order valence-electron chi connectivity index (χ0n) is 9.45. The van der Waals surface area contributed by atoms with Gasteiger partial charge < -0.3 is 5.11 Å². The molecule has 0 aliphatic rings. The second-order valence-corrected chi connectivity index (χ2v) is 4.74. The van der Waals surface area contributed by atoms with Gasteiger partial charge in [-0.1, -0.05) is 30.0 Å². The Morgan fingerprint density at radius 1 is 1.17 bits per heavy atom. The molecule has 2 rings (SSSR count). The summed E-state index contributed by atoms with van der Waals surface area (Å²) in [5.74, 6) is 0. The summed E-state index contributed by atoms with van der Waals surface area (Å²) in [6.07, 6.45) is 0. The SMILES string of the molecule is O=[N+]([O-])c1ccc(Sc2ccccc2)c(CO)c1. The Morgan fingerprint density at radius 2 is 1.89 bits per heavy atom. The molecule has 0 unspecified atom stereocenters. The van der Waals surface area contributed by atoms with Gasteiger partial charge in [0, 0.05) is 21.9 Å². The summed E-state index contributed by atoms with van der Waals surface area (Å²) in [5, 5.41) is 19.9. The van der Waals surface area contributed by atoms with E-state index in [1.54, 1.807) is 6.07 Å². The normalized spacial score (nSPS) is 10.3. The van der Waals surface area contributed by atoms with E-state index in [-0.39, 0.29) is 12.3 Å². The van der Waals surface area contributed by atoms with Crippen LogP contribution in [0.4, 0.5) is 5.69 Å². The topological polar surface area (TPSA) is 63.4 Å². The van der Waals surface area contributed by atoms with Crippen LogP contribution in [0.25, 0.3) is 0 Å². The number of nitro benzene ring substituents is 1. The van der Waals surface area contributed by atoms with Crippen LogP contribution in [0.1, 0.15) is 5.56 Å². The van der Waals surface area contributed by atoms with Crippen molar-refractivity contribution in [3.63, 3.8) is 0 Å². The predicted octanol–water partition coefficient (Wildman–Crippen LogP) is 3.24. The second-order valence-electron chi connectivity index (χ2n) is 3.62. The van der Waals surface area contributed by atoms with Gasteiger partial charge in [0.1, 0.15) is 0 Å². The molecule has 1 N–H and O–H groups in total. The van der Waals surface area contributed by atoms with Crippen molar-refractivity contribution in [1.82, 2.24) is 0 Å². The molecule has 0 amide bonds. The number of non-ortho nitro benzene ring substituents is 1. The van der Waals surface area contributed by atoms with Crippen LogP contribution in [0.5, 0.6) is 0 Å². The first kappa shape index (κ1) is 12.6. The molecule has 0 aliphatic carbocycles. The van der Waals surface area contributed by atoms with Crippen molar-refractivity contribution < 1.29 is 10.0 Å². The molecule has 92 valence electrons. The highest BCUT2D eigenvalue weighted by Gasteiger charge is 2.11. The number of aliphatic hydroxyl groups is 1. The molecule has 0 fully saturated rings. The minimum absolute atomic E-state index is 0.00328. The number of hydrogen-bond donors (Lipinski definition) is 1. The minimum atomic E-state index is -0.462. The fourth-order valence-electron chi connectivity index (χ4n) is 1.52. The first-order chi connectivity index (χ1) is 8.70.